The Kier molecular flexibility index (Phi) is 4.20. The molecule has 27 heavy (non-hydrogen) atoms. The molecule has 2 aromatic carbocycles. The minimum Gasteiger partial charge on any atom is -0.455 e. The Morgan fingerprint density at radius 2 is 1.89 bits per heavy atom. The molecule has 0 saturated carbocycles. The molecule has 1 N–H and O–H groups in total. The smallest absolute Gasteiger partial charge is 0.146 e. The highest BCUT2D eigenvalue weighted by Crippen LogP contribution is 2.31. The number of hydrogen-bond acceptors (Lipinski definition) is 5. The first-order valence-electron chi connectivity index (χ1n) is 8.61. The third-order valence-corrected chi connectivity index (χ3v) is 4.56. The van der Waals surface area contributed by atoms with Crippen LogP contribution in [-0.4, -0.2) is 17.9 Å². The predicted octanol–water partition coefficient (Wildman–Crippen LogP) is 3.74. The van der Waals surface area contributed by atoms with Crippen molar-refractivity contribution < 1.29 is 4.74 Å². The van der Waals surface area contributed by atoms with Gasteiger partial charge in [0, 0.05) is 0 Å². The summed E-state index contributed by atoms with van der Waals surface area (Å²) < 4.78 is 6.06. The number of ether oxygens (including phenoxy) is 1. The minimum atomic E-state index is 0.0648. The van der Waals surface area contributed by atoms with Crippen molar-refractivity contribution in [2.45, 2.75) is 19.0 Å². The number of amidine groups is 1. The fraction of sp³-hybridized carbons (Fsp3) is 0.136. The lowest BCUT2D eigenvalue weighted by Gasteiger charge is -2.16. The Bertz CT molecular complexity index is 1080. The van der Waals surface area contributed by atoms with Crippen LogP contribution in [0.4, 0.5) is 0 Å². The van der Waals surface area contributed by atoms with Gasteiger partial charge in [-0.2, -0.15) is 10.5 Å². The molecule has 0 aromatic heterocycles. The van der Waals surface area contributed by atoms with Crippen molar-refractivity contribution in [1.82, 2.24) is 5.32 Å². The SMILES string of the molecule is Cc1ccc(Oc2cccc(C#N)c2C#N)c(C2=NC3C=CC=CC3N2)c1. The molecular weight excluding hydrogens is 336 g/mol. The van der Waals surface area contributed by atoms with E-state index in [1.54, 1.807) is 18.2 Å². The molecule has 2 atom stereocenters. The van der Waals surface area contributed by atoms with Crippen molar-refractivity contribution in [3.8, 4) is 23.6 Å². The molecular formula is C22H16N4O. The second kappa shape index (κ2) is 6.82. The number of fused-ring (bicyclic) bond motifs is 1. The first kappa shape index (κ1) is 16.6. The first-order chi connectivity index (χ1) is 13.2. The summed E-state index contributed by atoms with van der Waals surface area (Å²) in [6.07, 6.45) is 8.15. The summed E-state index contributed by atoms with van der Waals surface area (Å²) in [5, 5.41) is 22.1. The van der Waals surface area contributed by atoms with Gasteiger partial charge < -0.3 is 10.1 Å². The lowest BCUT2D eigenvalue weighted by atomic mass is 10.1. The molecule has 2 aliphatic rings. The van der Waals surface area contributed by atoms with Crippen LogP contribution in [0.5, 0.6) is 11.5 Å². The molecule has 0 bridgehead atoms. The first-order valence-corrected chi connectivity index (χ1v) is 8.61. The number of nitrogens with zero attached hydrogens (tertiary/aromatic N) is 3. The van der Waals surface area contributed by atoms with Crippen LogP contribution in [0, 0.1) is 29.6 Å². The number of nitriles is 2. The molecule has 0 spiro atoms. The van der Waals surface area contributed by atoms with Crippen molar-refractivity contribution >= 4 is 5.84 Å². The van der Waals surface area contributed by atoms with Crippen LogP contribution in [0.3, 0.4) is 0 Å². The molecule has 5 nitrogen and oxygen atoms in total. The fourth-order valence-electron chi connectivity index (χ4n) is 3.20. The topological polar surface area (TPSA) is 81.2 Å². The monoisotopic (exact) mass is 352 g/mol. The van der Waals surface area contributed by atoms with Crippen LogP contribution in [0.1, 0.15) is 22.3 Å². The van der Waals surface area contributed by atoms with Gasteiger partial charge in [0.05, 0.1) is 23.2 Å². The molecule has 0 saturated heterocycles. The van der Waals surface area contributed by atoms with Crippen LogP contribution in [0.15, 0.2) is 65.7 Å². The van der Waals surface area contributed by atoms with Gasteiger partial charge in [-0.3, -0.25) is 4.99 Å². The maximum Gasteiger partial charge on any atom is 0.146 e. The van der Waals surface area contributed by atoms with Gasteiger partial charge in [0.25, 0.3) is 0 Å². The lowest BCUT2D eigenvalue weighted by Crippen LogP contribution is -2.33. The number of nitrogens with one attached hydrogen (secondary N) is 1. The molecule has 4 rings (SSSR count). The number of benzene rings is 2. The molecule has 1 aliphatic heterocycles. The van der Waals surface area contributed by atoms with E-state index in [9.17, 15) is 10.5 Å². The van der Waals surface area contributed by atoms with Crippen molar-refractivity contribution in [1.29, 1.82) is 10.5 Å². The van der Waals surface area contributed by atoms with Crippen molar-refractivity contribution in [3.05, 3.63) is 83.0 Å². The van der Waals surface area contributed by atoms with E-state index < -0.39 is 0 Å². The number of allylic oxidation sites excluding steroid dienone is 2. The van der Waals surface area contributed by atoms with E-state index in [1.165, 1.54) is 0 Å². The van der Waals surface area contributed by atoms with E-state index >= 15 is 0 Å². The summed E-state index contributed by atoms with van der Waals surface area (Å²) in [6, 6.07) is 15.1. The summed E-state index contributed by atoms with van der Waals surface area (Å²) in [5.41, 5.74) is 2.43. The van der Waals surface area contributed by atoms with E-state index in [-0.39, 0.29) is 17.6 Å². The van der Waals surface area contributed by atoms with Gasteiger partial charge in [0.1, 0.15) is 35.0 Å². The zero-order chi connectivity index (χ0) is 18.8. The Hall–Kier alpha value is -3.83. The number of hydrogen-bond donors (Lipinski definition) is 1. The summed E-state index contributed by atoms with van der Waals surface area (Å²) in [7, 11) is 0. The van der Waals surface area contributed by atoms with Gasteiger partial charge in [0.15, 0.2) is 0 Å². The third kappa shape index (κ3) is 3.07. The minimum absolute atomic E-state index is 0.0648. The molecule has 1 aliphatic carbocycles. The summed E-state index contributed by atoms with van der Waals surface area (Å²) in [5.74, 6) is 1.71. The van der Waals surface area contributed by atoms with E-state index in [2.05, 4.69) is 23.5 Å². The van der Waals surface area contributed by atoms with E-state index in [0.29, 0.717) is 17.1 Å². The molecule has 0 radical (unpaired) electrons. The quantitative estimate of drug-likeness (QED) is 0.912. The third-order valence-electron chi connectivity index (χ3n) is 4.56. The molecule has 2 aromatic rings. The van der Waals surface area contributed by atoms with Crippen LogP contribution in [0.2, 0.25) is 0 Å². The van der Waals surface area contributed by atoms with Crippen molar-refractivity contribution in [3.63, 3.8) is 0 Å². The standard InChI is InChI=1S/C22H16N4O/c1-14-9-10-21(27-20-8-4-5-15(12-23)17(20)13-24)16(11-14)22-25-18-6-2-3-7-19(18)26-22/h2-11,18-19H,1H3,(H,25,26). The molecule has 1 heterocycles. The van der Waals surface area contributed by atoms with Crippen LogP contribution < -0.4 is 10.1 Å². The average molecular weight is 352 g/mol. The highest BCUT2D eigenvalue weighted by atomic mass is 16.5. The van der Waals surface area contributed by atoms with Crippen LogP contribution in [-0.2, 0) is 0 Å². The maximum atomic E-state index is 9.44. The van der Waals surface area contributed by atoms with Crippen molar-refractivity contribution in [2.24, 2.45) is 4.99 Å². The van der Waals surface area contributed by atoms with Gasteiger partial charge >= 0.3 is 0 Å². The Labute approximate surface area is 157 Å². The molecule has 0 fully saturated rings. The number of aliphatic imine (C=N–C) groups is 1. The predicted molar refractivity (Wildman–Crippen MR) is 103 cm³/mol. The van der Waals surface area contributed by atoms with Gasteiger partial charge in [-0.05, 0) is 31.2 Å². The van der Waals surface area contributed by atoms with Gasteiger partial charge in [-0.25, -0.2) is 0 Å². The van der Waals surface area contributed by atoms with E-state index in [1.807, 2.05) is 43.3 Å². The largest absolute Gasteiger partial charge is 0.455 e. The molecule has 2 unspecified atom stereocenters. The summed E-state index contributed by atoms with van der Waals surface area (Å²) in [4.78, 5) is 4.77. The Morgan fingerprint density at radius 3 is 2.67 bits per heavy atom. The second-order valence-corrected chi connectivity index (χ2v) is 6.41. The molecule has 130 valence electrons. The molecule has 5 heteroatoms. The Balaban J connectivity index is 1.74. The van der Waals surface area contributed by atoms with E-state index in [0.717, 1.165) is 17.0 Å². The average Bonchev–Trinajstić information content (AvgIpc) is 3.13. The van der Waals surface area contributed by atoms with Gasteiger partial charge in [0.2, 0.25) is 0 Å². The summed E-state index contributed by atoms with van der Waals surface area (Å²) >= 11 is 0. The maximum absolute atomic E-state index is 9.44. The molecule has 0 amide bonds. The fourth-order valence-corrected chi connectivity index (χ4v) is 3.20. The van der Waals surface area contributed by atoms with Crippen molar-refractivity contribution in [2.75, 3.05) is 0 Å². The normalized spacial score (nSPS) is 19.4. The zero-order valence-electron chi connectivity index (χ0n) is 14.7. The van der Waals surface area contributed by atoms with E-state index in [4.69, 9.17) is 9.73 Å². The zero-order valence-corrected chi connectivity index (χ0v) is 14.7. The van der Waals surface area contributed by atoms with Gasteiger partial charge in [-0.1, -0.05) is 42.0 Å². The van der Waals surface area contributed by atoms with Gasteiger partial charge in [-0.15, -0.1) is 0 Å². The second-order valence-electron chi connectivity index (χ2n) is 6.41. The summed E-state index contributed by atoms with van der Waals surface area (Å²) in [6.45, 7) is 2.01. The Morgan fingerprint density at radius 1 is 1.04 bits per heavy atom. The number of aryl methyl sites for hydroxylation is 1. The van der Waals surface area contributed by atoms with Crippen LogP contribution in [0.25, 0.3) is 0 Å². The highest BCUT2D eigenvalue weighted by Gasteiger charge is 2.28. The number of rotatable bonds is 3. The lowest BCUT2D eigenvalue weighted by molar-refractivity contribution is 0.479. The highest BCUT2D eigenvalue weighted by molar-refractivity contribution is 6.03. The van der Waals surface area contributed by atoms with Crippen LogP contribution >= 0.6 is 0 Å².